The molecule has 1 amide bonds. The molecule has 5 heteroatoms. The average Bonchev–Trinajstić information content (AvgIpc) is 2.70. The summed E-state index contributed by atoms with van der Waals surface area (Å²) in [5.74, 6) is -0.122. The number of amides is 1. The third-order valence-corrected chi connectivity index (χ3v) is 3.93. The Hall–Kier alpha value is -2.30. The fourth-order valence-electron chi connectivity index (χ4n) is 2.34. The topological polar surface area (TPSA) is 64.2 Å². The van der Waals surface area contributed by atoms with Crippen molar-refractivity contribution >= 4 is 11.6 Å². The predicted octanol–water partition coefficient (Wildman–Crippen LogP) is 2.45. The second kappa shape index (κ2) is 5.60. The van der Waals surface area contributed by atoms with Crippen molar-refractivity contribution in [2.45, 2.75) is 26.8 Å². The first-order valence-electron chi connectivity index (χ1n) is 6.95. The summed E-state index contributed by atoms with van der Waals surface area (Å²) in [5.41, 5.74) is 9.83. The molecule has 2 rings (SSSR count). The van der Waals surface area contributed by atoms with Gasteiger partial charge in [-0.15, -0.1) is 0 Å². The molecule has 0 aliphatic rings. The molecule has 0 saturated carbocycles. The Morgan fingerprint density at radius 1 is 1.29 bits per heavy atom. The molecule has 1 atom stereocenters. The van der Waals surface area contributed by atoms with Crippen molar-refractivity contribution in [2.75, 3.05) is 12.8 Å². The van der Waals surface area contributed by atoms with E-state index in [9.17, 15) is 4.79 Å². The Kier molecular flexibility index (Phi) is 4.02. The van der Waals surface area contributed by atoms with E-state index in [1.165, 1.54) is 5.56 Å². The maximum absolute atomic E-state index is 12.7. The number of hydrogen-bond acceptors (Lipinski definition) is 3. The zero-order chi connectivity index (χ0) is 15.7. The van der Waals surface area contributed by atoms with Gasteiger partial charge in [-0.05, 0) is 26.3 Å². The Bertz CT molecular complexity index is 658. The lowest BCUT2D eigenvalue weighted by Crippen LogP contribution is -2.31. The summed E-state index contributed by atoms with van der Waals surface area (Å²) in [6.07, 6.45) is 0. The van der Waals surface area contributed by atoms with Gasteiger partial charge in [0.25, 0.3) is 5.91 Å². The molecule has 0 radical (unpaired) electrons. The largest absolute Gasteiger partial charge is 0.395 e. The first kappa shape index (κ1) is 15.1. The van der Waals surface area contributed by atoms with Crippen molar-refractivity contribution in [2.24, 2.45) is 7.05 Å². The molecule has 1 aromatic carbocycles. The Morgan fingerprint density at radius 2 is 1.86 bits per heavy atom. The molecule has 0 aliphatic heterocycles. The first-order valence-corrected chi connectivity index (χ1v) is 6.95. The number of carbonyl (C=O) groups excluding carboxylic acids is 1. The zero-order valence-electron chi connectivity index (χ0n) is 13.2. The minimum atomic E-state index is -0.122. The quantitative estimate of drug-likeness (QED) is 0.942. The van der Waals surface area contributed by atoms with Crippen LogP contribution in [0.3, 0.4) is 0 Å². The van der Waals surface area contributed by atoms with Gasteiger partial charge >= 0.3 is 0 Å². The maximum atomic E-state index is 12.7. The number of nitrogen functional groups attached to an aromatic ring is 1. The van der Waals surface area contributed by atoms with E-state index in [2.05, 4.69) is 5.10 Å². The van der Waals surface area contributed by atoms with Gasteiger partial charge in [0.1, 0.15) is 5.69 Å². The highest BCUT2D eigenvalue weighted by Gasteiger charge is 2.24. The van der Waals surface area contributed by atoms with Crippen LogP contribution in [-0.2, 0) is 7.05 Å². The van der Waals surface area contributed by atoms with Crippen LogP contribution in [0.2, 0.25) is 0 Å². The van der Waals surface area contributed by atoms with E-state index >= 15 is 0 Å². The van der Waals surface area contributed by atoms with Crippen LogP contribution in [0.1, 0.15) is 40.3 Å². The van der Waals surface area contributed by atoms with Gasteiger partial charge in [0.15, 0.2) is 0 Å². The van der Waals surface area contributed by atoms with Crippen LogP contribution in [-0.4, -0.2) is 27.6 Å². The standard InChI is InChI=1S/C16H22N4O/c1-10-6-8-13(9-7-10)12(3)19(4)16(21)15-14(17)11(2)18-20(15)5/h6-9,12H,17H2,1-5H3. The van der Waals surface area contributed by atoms with Gasteiger partial charge in [0.2, 0.25) is 0 Å². The summed E-state index contributed by atoms with van der Waals surface area (Å²) in [7, 11) is 3.52. The Balaban J connectivity index is 2.28. The summed E-state index contributed by atoms with van der Waals surface area (Å²) in [6, 6.07) is 8.15. The van der Waals surface area contributed by atoms with Crippen LogP contribution < -0.4 is 5.73 Å². The number of benzene rings is 1. The SMILES string of the molecule is Cc1ccc(C(C)N(C)C(=O)c2c(N)c(C)nn2C)cc1. The van der Waals surface area contributed by atoms with Crippen LogP contribution in [0.15, 0.2) is 24.3 Å². The molecule has 0 spiro atoms. The van der Waals surface area contributed by atoms with Gasteiger partial charge in [-0.3, -0.25) is 9.48 Å². The minimum Gasteiger partial charge on any atom is -0.395 e. The van der Waals surface area contributed by atoms with E-state index in [0.29, 0.717) is 17.1 Å². The molecule has 0 bridgehead atoms. The minimum absolute atomic E-state index is 0.0345. The third-order valence-electron chi connectivity index (χ3n) is 3.93. The maximum Gasteiger partial charge on any atom is 0.274 e. The number of aromatic nitrogens is 2. The van der Waals surface area contributed by atoms with Gasteiger partial charge < -0.3 is 10.6 Å². The predicted molar refractivity (Wildman–Crippen MR) is 84.0 cm³/mol. The van der Waals surface area contributed by atoms with Crippen molar-refractivity contribution in [1.82, 2.24) is 14.7 Å². The van der Waals surface area contributed by atoms with Gasteiger partial charge in [0, 0.05) is 14.1 Å². The number of aryl methyl sites for hydroxylation is 3. The second-order valence-electron chi connectivity index (χ2n) is 5.47. The summed E-state index contributed by atoms with van der Waals surface area (Å²) >= 11 is 0. The molecule has 2 N–H and O–H groups in total. The summed E-state index contributed by atoms with van der Waals surface area (Å²) in [6.45, 7) is 5.85. The first-order chi connectivity index (χ1) is 9.82. The van der Waals surface area contributed by atoms with Crippen molar-refractivity contribution in [1.29, 1.82) is 0 Å². The van der Waals surface area contributed by atoms with Crippen LogP contribution in [0, 0.1) is 13.8 Å². The highest BCUT2D eigenvalue weighted by molar-refractivity contribution is 5.98. The van der Waals surface area contributed by atoms with E-state index in [0.717, 1.165) is 5.56 Å². The van der Waals surface area contributed by atoms with Crippen LogP contribution in [0.4, 0.5) is 5.69 Å². The molecule has 112 valence electrons. The lowest BCUT2D eigenvalue weighted by Gasteiger charge is -2.25. The van der Waals surface area contributed by atoms with Crippen molar-refractivity contribution in [3.8, 4) is 0 Å². The van der Waals surface area contributed by atoms with Crippen LogP contribution in [0.25, 0.3) is 0 Å². The molecule has 0 aliphatic carbocycles. The second-order valence-corrected chi connectivity index (χ2v) is 5.47. The molecule has 0 fully saturated rings. The highest BCUT2D eigenvalue weighted by Crippen LogP contribution is 2.24. The lowest BCUT2D eigenvalue weighted by molar-refractivity contribution is 0.0732. The molecule has 1 unspecified atom stereocenters. The highest BCUT2D eigenvalue weighted by atomic mass is 16.2. The summed E-state index contributed by atoms with van der Waals surface area (Å²) in [4.78, 5) is 14.4. The molecule has 1 heterocycles. The number of hydrogen-bond donors (Lipinski definition) is 1. The number of rotatable bonds is 3. The smallest absolute Gasteiger partial charge is 0.274 e. The van der Waals surface area contributed by atoms with Crippen molar-refractivity contribution < 1.29 is 4.79 Å². The Morgan fingerprint density at radius 3 is 2.33 bits per heavy atom. The molecule has 1 aromatic heterocycles. The number of nitrogens with two attached hydrogens (primary N) is 1. The van der Waals surface area contributed by atoms with E-state index in [-0.39, 0.29) is 11.9 Å². The zero-order valence-corrected chi connectivity index (χ0v) is 13.2. The van der Waals surface area contributed by atoms with Crippen LogP contribution >= 0.6 is 0 Å². The van der Waals surface area contributed by atoms with Gasteiger partial charge in [0.05, 0.1) is 17.4 Å². The monoisotopic (exact) mass is 286 g/mol. The summed E-state index contributed by atoms with van der Waals surface area (Å²) in [5, 5.41) is 4.20. The van der Waals surface area contributed by atoms with E-state index in [1.54, 1.807) is 30.6 Å². The van der Waals surface area contributed by atoms with Gasteiger partial charge in [-0.2, -0.15) is 5.10 Å². The van der Waals surface area contributed by atoms with Crippen molar-refractivity contribution in [3.63, 3.8) is 0 Å². The van der Waals surface area contributed by atoms with Gasteiger partial charge in [-0.25, -0.2) is 0 Å². The normalized spacial score (nSPS) is 12.2. The number of carbonyl (C=O) groups is 1. The summed E-state index contributed by atoms with van der Waals surface area (Å²) < 4.78 is 1.55. The third kappa shape index (κ3) is 2.77. The van der Waals surface area contributed by atoms with E-state index in [1.807, 2.05) is 38.1 Å². The molecule has 21 heavy (non-hydrogen) atoms. The molecular formula is C16H22N4O. The van der Waals surface area contributed by atoms with E-state index < -0.39 is 0 Å². The average molecular weight is 286 g/mol. The molecule has 0 saturated heterocycles. The number of anilines is 1. The molecule has 5 nitrogen and oxygen atoms in total. The van der Waals surface area contributed by atoms with Crippen LogP contribution in [0.5, 0.6) is 0 Å². The Labute approximate surface area is 125 Å². The lowest BCUT2D eigenvalue weighted by atomic mass is 10.1. The van der Waals surface area contributed by atoms with Gasteiger partial charge in [-0.1, -0.05) is 29.8 Å². The number of nitrogens with zero attached hydrogens (tertiary/aromatic N) is 3. The molecular weight excluding hydrogens is 264 g/mol. The fourth-order valence-corrected chi connectivity index (χ4v) is 2.34. The fraction of sp³-hybridized carbons (Fsp3) is 0.375. The molecule has 2 aromatic rings. The van der Waals surface area contributed by atoms with E-state index in [4.69, 9.17) is 5.73 Å². The van der Waals surface area contributed by atoms with Crippen molar-refractivity contribution in [3.05, 3.63) is 46.8 Å².